The van der Waals surface area contributed by atoms with E-state index in [0.29, 0.717) is 17.3 Å². The molecule has 0 unspecified atom stereocenters. The zero-order valence-electron chi connectivity index (χ0n) is 9.68. The Labute approximate surface area is 99.2 Å². The van der Waals surface area contributed by atoms with Crippen LogP contribution in [0, 0.1) is 0 Å². The van der Waals surface area contributed by atoms with Crippen LogP contribution in [-0.4, -0.2) is 24.4 Å². The topological polar surface area (TPSA) is 70.3 Å². The van der Waals surface area contributed by atoms with Gasteiger partial charge >= 0.3 is 0 Å². The Bertz CT molecular complexity index is 529. The number of nitrogens with zero attached hydrogens (tertiary/aromatic N) is 2. The molecular formula is C12H13N3O2. The fourth-order valence-electron chi connectivity index (χ4n) is 1.54. The molecule has 5 nitrogen and oxygen atoms in total. The van der Waals surface area contributed by atoms with E-state index in [1.54, 1.807) is 13.2 Å². The first kappa shape index (κ1) is 11.2. The average Bonchev–Trinajstić information content (AvgIpc) is 2.38. The smallest absolute Gasteiger partial charge is 0.256 e. The van der Waals surface area contributed by atoms with Gasteiger partial charge in [-0.15, -0.1) is 10.2 Å². The van der Waals surface area contributed by atoms with Gasteiger partial charge in [-0.1, -0.05) is 12.1 Å². The SMILES string of the molecule is COc1ccccc1-c1cc(N)c(OC)nn1. The molecule has 1 aromatic heterocycles. The van der Waals surface area contributed by atoms with Gasteiger partial charge in [0, 0.05) is 5.56 Å². The second kappa shape index (κ2) is 4.69. The van der Waals surface area contributed by atoms with Crippen molar-refractivity contribution >= 4 is 5.69 Å². The van der Waals surface area contributed by atoms with Gasteiger partial charge in [-0.25, -0.2) is 0 Å². The van der Waals surface area contributed by atoms with Crippen LogP contribution in [0.1, 0.15) is 0 Å². The van der Waals surface area contributed by atoms with E-state index in [1.165, 1.54) is 7.11 Å². The maximum absolute atomic E-state index is 5.79. The minimum Gasteiger partial charge on any atom is -0.496 e. The lowest BCUT2D eigenvalue weighted by atomic mass is 10.1. The third-order valence-electron chi connectivity index (χ3n) is 2.36. The van der Waals surface area contributed by atoms with E-state index in [9.17, 15) is 0 Å². The first-order chi connectivity index (χ1) is 8.26. The highest BCUT2D eigenvalue weighted by atomic mass is 16.5. The zero-order valence-corrected chi connectivity index (χ0v) is 9.68. The summed E-state index contributed by atoms with van der Waals surface area (Å²) in [6, 6.07) is 9.26. The number of hydrogen-bond donors (Lipinski definition) is 1. The van der Waals surface area contributed by atoms with Crippen molar-refractivity contribution in [2.24, 2.45) is 0 Å². The lowest BCUT2D eigenvalue weighted by Gasteiger charge is -2.08. The molecule has 0 aliphatic rings. The van der Waals surface area contributed by atoms with E-state index >= 15 is 0 Å². The molecule has 2 aromatic rings. The van der Waals surface area contributed by atoms with Gasteiger partial charge in [-0.3, -0.25) is 0 Å². The number of aromatic nitrogens is 2. The third-order valence-corrected chi connectivity index (χ3v) is 2.36. The number of nitrogen functional groups attached to an aromatic ring is 1. The zero-order chi connectivity index (χ0) is 12.3. The first-order valence-electron chi connectivity index (χ1n) is 5.07. The molecule has 2 N–H and O–H groups in total. The summed E-state index contributed by atoms with van der Waals surface area (Å²) in [5.41, 5.74) is 7.74. The van der Waals surface area contributed by atoms with E-state index in [2.05, 4.69) is 10.2 Å². The molecule has 0 aliphatic carbocycles. The van der Waals surface area contributed by atoms with Crippen LogP contribution in [-0.2, 0) is 0 Å². The fraction of sp³-hybridized carbons (Fsp3) is 0.167. The highest BCUT2D eigenvalue weighted by Gasteiger charge is 2.09. The monoisotopic (exact) mass is 231 g/mol. The number of anilines is 1. The van der Waals surface area contributed by atoms with E-state index in [1.807, 2.05) is 24.3 Å². The van der Waals surface area contributed by atoms with Crippen LogP contribution in [0.2, 0.25) is 0 Å². The summed E-state index contributed by atoms with van der Waals surface area (Å²) >= 11 is 0. The summed E-state index contributed by atoms with van der Waals surface area (Å²) in [4.78, 5) is 0. The van der Waals surface area contributed by atoms with Crippen molar-refractivity contribution < 1.29 is 9.47 Å². The summed E-state index contributed by atoms with van der Waals surface area (Å²) in [7, 11) is 3.11. The average molecular weight is 231 g/mol. The standard InChI is InChI=1S/C12H13N3O2/c1-16-11-6-4-3-5-8(11)10-7-9(13)12(17-2)15-14-10/h3-7H,1-2H3,(H2,13,14). The van der Waals surface area contributed by atoms with E-state index in [4.69, 9.17) is 15.2 Å². The Hall–Kier alpha value is -2.30. The van der Waals surface area contributed by atoms with Gasteiger partial charge < -0.3 is 15.2 Å². The molecule has 0 fully saturated rings. The quantitative estimate of drug-likeness (QED) is 0.871. The predicted octanol–water partition coefficient (Wildman–Crippen LogP) is 1.74. The lowest BCUT2D eigenvalue weighted by Crippen LogP contribution is -1.99. The number of rotatable bonds is 3. The van der Waals surface area contributed by atoms with Crippen LogP contribution in [0.5, 0.6) is 11.6 Å². The highest BCUT2D eigenvalue weighted by molar-refractivity contribution is 5.70. The largest absolute Gasteiger partial charge is 0.496 e. The van der Waals surface area contributed by atoms with Crippen molar-refractivity contribution in [3.63, 3.8) is 0 Å². The highest BCUT2D eigenvalue weighted by Crippen LogP contribution is 2.30. The number of ether oxygens (including phenoxy) is 2. The van der Waals surface area contributed by atoms with Crippen LogP contribution < -0.4 is 15.2 Å². The van der Waals surface area contributed by atoms with E-state index < -0.39 is 0 Å². The summed E-state index contributed by atoms with van der Waals surface area (Å²) < 4.78 is 10.2. The van der Waals surface area contributed by atoms with Gasteiger partial charge in [0.25, 0.3) is 5.88 Å². The predicted molar refractivity (Wildman–Crippen MR) is 65.0 cm³/mol. The van der Waals surface area contributed by atoms with Crippen LogP contribution in [0.15, 0.2) is 30.3 Å². The molecule has 17 heavy (non-hydrogen) atoms. The molecule has 0 aliphatic heterocycles. The molecule has 0 amide bonds. The van der Waals surface area contributed by atoms with Crippen molar-refractivity contribution in [3.05, 3.63) is 30.3 Å². The summed E-state index contributed by atoms with van der Waals surface area (Å²) in [6.45, 7) is 0. The van der Waals surface area contributed by atoms with E-state index in [0.717, 1.165) is 11.3 Å². The Balaban J connectivity index is 2.49. The fourth-order valence-corrected chi connectivity index (χ4v) is 1.54. The summed E-state index contributed by atoms with van der Waals surface area (Å²) in [6.07, 6.45) is 0. The van der Waals surface area contributed by atoms with Crippen molar-refractivity contribution in [1.29, 1.82) is 0 Å². The Kier molecular flexibility index (Phi) is 3.09. The lowest BCUT2D eigenvalue weighted by molar-refractivity contribution is 0.394. The molecule has 5 heteroatoms. The van der Waals surface area contributed by atoms with Crippen LogP contribution in [0.4, 0.5) is 5.69 Å². The van der Waals surface area contributed by atoms with Gasteiger partial charge in [-0.05, 0) is 18.2 Å². The van der Waals surface area contributed by atoms with Crippen LogP contribution >= 0.6 is 0 Å². The molecule has 1 heterocycles. The van der Waals surface area contributed by atoms with Crippen molar-refractivity contribution in [2.45, 2.75) is 0 Å². The van der Waals surface area contributed by atoms with Crippen molar-refractivity contribution in [1.82, 2.24) is 10.2 Å². The number of nitrogens with two attached hydrogens (primary N) is 1. The molecule has 0 bridgehead atoms. The normalized spacial score (nSPS) is 10.0. The first-order valence-corrected chi connectivity index (χ1v) is 5.07. The Morgan fingerprint density at radius 3 is 2.47 bits per heavy atom. The molecule has 0 saturated heterocycles. The van der Waals surface area contributed by atoms with Crippen molar-refractivity contribution in [2.75, 3.05) is 20.0 Å². The summed E-state index contributed by atoms with van der Waals surface area (Å²) in [5.74, 6) is 1.05. The van der Waals surface area contributed by atoms with Gasteiger partial charge in [0.15, 0.2) is 0 Å². The number of para-hydroxylation sites is 1. The molecule has 0 spiro atoms. The molecule has 0 saturated carbocycles. The van der Waals surface area contributed by atoms with Crippen molar-refractivity contribution in [3.8, 4) is 22.9 Å². The molecule has 0 radical (unpaired) electrons. The molecule has 88 valence electrons. The van der Waals surface area contributed by atoms with E-state index in [-0.39, 0.29) is 0 Å². The summed E-state index contributed by atoms with van der Waals surface area (Å²) in [5, 5.41) is 7.95. The Morgan fingerprint density at radius 2 is 1.82 bits per heavy atom. The van der Waals surface area contributed by atoms with Gasteiger partial charge in [-0.2, -0.15) is 0 Å². The Morgan fingerprint density at radius 1 is 1.06 bits per heavy atom. The molecular weight excluding hydrogens is 218 g/mol. The second-order valence-corrected chi connectivity index (χ2v) is 3.39. The maximum atomic E-state index is 5.79. The molecule has 2 rings (SSSR count). The number of benzene rings is 1. The minimum absolute atomic E-state index is 0.323. The van der Waals surface area contributed by atoms with Gasteiger partial charge in [0.05, 0.1) is 25.6 Å². The molecule has 1 aromatic carbocycles. The van der Waals surface area contributed by atoms with Gasteiger partial charge in [0.1, 0.15) is 5.75 Å². The van der Waals surface area contributed by atoms with Gasteiger partial charge in [0.2, 0.25) is 0 Å². The van der Waals surface area contributed by atoms with Crippen LogP contribution in [0.3, 0.4) is 0 Å². The molecule has 0 atom stereocenters. The number of hydrogen-bond acceptors (Lipinski definition) is 5. The third kappa shape index (κ3) is 2.13. The minimum atomic E-state index is 0.323. The maximum Gasteiger partial charge on any atom is 0.256 e. The van der Waals surface area contributed by atoms with Crippen LogP contribution in [0.25, 0.3) is 11.3 Å². The second-order valence-electron chi connectivity index (χ2n) is 3.39. The number of methoxy groups -OCH3 is 2.